The van der Waals surface area contributed by atoms with Crippen LogP contribution in [0.3, 0.4) is 0 Å². The quantitative estimate of drug-likeness (QED) is 0.314. The minimum Gasteiger partial charge on any atom is -0.392 e. The number of benzene rings is 3. The molecule has 0 radical (unpaired) electrons. The number of pyridine rings is 1. The molecule has 1 unspecified atom stereocenters. The molecule has 1 atom stereocenters. The van der Waals surface area contributed by atoms with E-state index in [0.717, 1.165) is 46.2 Å². The number of nitrogens with one attached hydrogen (secondary N) is 1. The van der Waals surface area contributed by atoms with Crippen molar-refractivity contribution in [3.05, 3.63) is 100 Å². The summed E-state index contributed by atoms with van der Waals surface area (Å²) in [6.45, 7) is 4.75. The van der Waals surface area contributed by atoms with Crippen molar-refractivity contribution < 1.29 is 9.23 Å². The van der Waals surface area contributed by atoms with E-state index < -0.39 is 0 Å². The highest BCUT2D eigenvalue weighted by molar-refractivity contribution is 7.99. The summed E-state index contributed by atoms with van der Waals surface area (Å²) in [7, 11) is 0. The molecule has 182 valence electrons. The summed E-state index contributed by atoms with van der Waals surface area (Å²) in [6, 6.07) is 20.3. The van der Waals surface area contributed by atoms with Gasteiger partial charge in [0.25, 0.3) is 0 Å². The van der Waals surface area contributed by atoms with Crippen molar-refractivity contribution >= 4 is 28.5 Å². The summed E-state index contributed by atoms with van der Waals surface area (Å²) in [5, 5.41) is 9.01. The Bertz CT molecular complexity index is 1480. The number of rotatable bonds is 6. The largest absolute Gasteiger partial charge is 0.392 e. The summed E-state index contributed by atoms with van der Waals surface area (Å²) < 4.78 is 15.4. The molecule has 1 fully saturated rings. The molecule has 6 heteroatoms. The van der Waals surface area contributed by atoms with Crippen LogP contribution in [-0.2, 0) is 11.3 Å². The number of halogens is 1. The number of hydrogen-bond donors (Lipinski definition) is 1. The normalized spacial score (nSPS) is 17.4. The maximum absolute atomic E-state index is 15.4. The Kier molecular flexibility index (Phi) is 6.13. The van der Waals surface area contributed by atoms with Crippen molar-refractivity contribution in [2.24, 2.45) is 5.16 Å². The van der Waals surface area contributed by atoms with Gasteiger partial charge >= 0.3 is 0 Å². The first-order valence-corrected chi connectivity index (χ1v) is 13.3. The van der Waals surface area contributed by atoms with E-state index >= 15 is 4.39 Å². The summed E-state index contributed by atoms with van der Waals surface area (Å²) in [4.78, 5) is 11.9. The second-order valence-electron chi connectivity index (χ2n) is 9.76. The van der Waals surface area contributed by atoms with Gasteiger partial charge in [-0.05, 0) is 67.9 Å². The van der Waals surface area contributed by atoms with E-state index in [4.69, 9.17) is 4.84 Å². The molecule has 2 aliphatic rings. The van der Waals surface area contributed by atoms with Gasteiger partial charge in [-0.2, -0.15) is 0 Å². The minimum absolute atomic E-state index is 0.0682. The van der Waals surface area contributed by atoms with Crippen LogP contribution in [0.15, 0.2) is 81.8 Å². The lowest BCUT2D eigenvalue weighted by Crippen LogP contribution is -2.43. The molecule has 1 saturated carbocycles. The zero-order valence-corrected chi connectivity index (χ0v) is 21.2. The zero-order chi connectivity index (χ0) is 24.6. The van der Waals surface area contributed by atoms with Gasteiger partial charge in [-0.1, -0.05) is 71.0 Å². The smallest absolute Gasteiger partial charge is 0.175 e. The summed E-state index contributed by atoms with van der Waals surface area (Å²) in [6.07, 6.45) is 4.78. The Morgan fingerprint density at radius 3 is 2.72 bits per heavy atom. The lowest BCUT2D eigenvalue weighted by Gasteiger charge is -2.26. The van der Waals surface area contributed by atoms with Crippen LogP contribution < -0.4 is 5.32 Å². The number of oxime groups is 1. The van der Waals surface area contributed by atoms with Crippen molar-refractivity contribution in [1.82, 2.24) is 10.3 Å². The Morgan fingerprint density at radius 1 is 1.03 bits per heavy atom. The maximum atomic E-state index is 15.4. The molecule has 1 aliphatic carbocycles. The van der Waals surface area contributed by atoms with E-state index in [0.29, 0.717) is 23.3 Å². The second-order valence-corrected chi connectivity index (χ2v) is 10.8. The highest BCUT2D eigenvalue weighted by Gasteiger charge is 2.28. The van der Waals surface area contributed by atoms with Gasteiger partial charge in [-0.15, -0.1) is 0 Å². The monoisotopic (exact) mass is 497 g/mol. The van der Waals surface area contributed by atoms with E-state index in [1.807, 2.05) is 48.7 Å². The molecular formula is C30H28FN3OS. The molecule has 0 saturated heterocycles. The third kappa shape index (κ3) is 4.58. The number of nitrogens with zero attached hydrogens (tertiary/aromatic N) is 2. The number of aryl methyl sites for hydroxylation is 2. The minimum atomic E-state index is -0.119. The van der Waals surface area contributed by atoms with Gasteiger partial charge in [-0.3, -0.25) is 4.98 Å². The van der Waals surface area contributed by atoms with Gasteiger partial charge in [0.05, 0.1) is 11.6 Å². The summed E-state index contributed by atoms with van der Waals surface area (Å²) >= 11 is 1.40. The molecule has 1 aromatic heterocycles. The lowest BCUT2D eigenvalue weighted by atomic mass is 9.99. The molecule has 1 N–H and O–H groups in total. The Hall–Kier alpha value is -3.38. The van der Waals surface area contributed by atoms with Crippen LogP contribution in [0, 0.1) is 19.7 Å². The first-order valence-electron chi connectivity index (χ1n) is 12.4. The predicted octanol–water partition coefficient (Wildman–Crippen LogP) is 6.91. The summed E-state index contributed by atoms with van der Waals surface area (Å²) in [5.41, 5.74) is 6.40. The Labute approximate surface area is 215 Å². The van der Waals surface area contributed by atoms with E-state index in [2.05, 4.69) is 47.5 Å². The van der Waals surface area contributed by atoms with Crippen molar-refractivity contribution in [1.29, 1.82) is 0 Å². The highest BCUT2D eigenvalue weighted by Crippen LogP contribution is 2.44. The molecule has 4 aromatic rings. The standard InChI is InChI=1S/C30H28FN3OS/c1-18-10-11-21(19(2)14-18)15-22-17-35-34-30(33-22)28-24-6-3-4-8-25(24)32-16-27(28)36-26-9-5-7-23(29(26)31)20-12-13-20/h3-11,14,16,20,22H,12-13,15,17H2,1-2H3,(H,33,34). The molecule has 4 nitrogen and oxygen atoms in total. The number of aromatic nitrogens is 1. The fourth-order valence-corrected chi connectivity index (χ4v) is 5.91. The van der Waals surface area contributed by atoms with Crippen molar-refractivity contribution in [2.75, 3.05) is 6.61 Å². The molecule has 36 heavy (non-hydrogen) atoms. The van der Waals surface area contributed by atoms with Crippen LogP contribution in [0.4, 0.5) is 4.39 Å². The summed E-state index contributed by atoms with van der Waals surface area (Å²) in [5.74, 6) is 0.894. The Morgan fingerprint density at radius 2 is 1.89 bits per heavy atom. The van der Waals surface area contributed by atoms with Crippen LogP contribution in [-0.4, -0.2) is 23.5 Å². The number of fused-ring (bicyclic) bond motifs is 1. The molecule has 0 amide bonds. The average Bonchev–Trinajstić information content (AvgIpc) is 3.72. The van der Waals surface area contributed by atoms with Gasteiger partial charge in [-0.25, -0.2) is 4.39 Å². The average molecular weight is 498 g/mol. The number of hydrogen-bond acceptors (Lipinski definition) is 5. The molecule has 0 bridgehead atoms. The third-order valence-corrected chi connectivity index (χ3v) is 8.01. The highest BCUT2D eigenvalue weighted by atomic mass is 32.2. The molecule has 2 heterocycles. The van der Waals surface area contributed by atoms with Gasteiger partial charge in [0.1, 0.15) is 12.4 Å². The van der Waals surface area contributed by atoms with Crippen LogP contribution in [0.1, 0.15) is 46.6 Å². The van der Waals surface area contributed by atoms with Crippen LogP contribution in [0.5, 0.6) is 0 Å². The lowest BCUT2D eigenvalue weighted by molar-refractivity contribution is 0.109. The van der Waals surface area contributed by atoms with E-state index in [-0.39, 0.29) is 11.9 Å². The zero-order valence-electron chi connectivity index (χ0n) is 20.4. The van der Waals surface area contributed by atoms with E-state index in [1.165, 1.54) is 28.5 Å². The van der Waals surface area contributed by atoms with Crippen LogP contribution in [0.2, 0.25) is 0 Å². The van der Waals surface area contributed by atoms with Gasteiger partial charge in [0, 0.05) is 26.9 Å². The molecule has 3 aromatic carbocycles. The van der Waals surface area contributed by atoms with Gasteiger partial charge < -0.3 is 10.2 Å². The first kappa shape index (κ1) is 23.0. The fraction of sp³-hybridized carbons (Fsp3) is 0.267. The van der Waals surface area contributed by atoms with E-state index in [1.54, 1.807) is 0 Å². The SMILES string of the molecule is Cc1ccc(CC2CON=C(c3c(Sc4cccc(C5CC5)c4F)cnc4ccccc34)N2)c(C)c1. The van der Waals surface area contributed by atoms with Crippen molar-refractivity contribution in [2.45, 2.75) is 54.9 Å². The van der Waals surface area contributed by atoms with Gasteiger partial charge in [0.2, 0.25) is 0 Å². The predicted molar refractivity (Wildman–Crippen MR) is 143 cm³/mol. The molecule has 0 spiro atoms. The Balaban J connectivity index is 1.36. The van der Waals surface area contributed by atoms with Crippen LogP contribution in [0.25, 0.3) is 10.9 Å². The molecule has 6 rings (SSSR count). The van der Waals surface area contributed by atoms with Crippen molar-refractivity contribution in [3.63, 3.8) is 0 Å². The van der Waals surface area contributed by atoms with E-state index in [9.17, 15) is 0 Å². The third-order valence-electron chi connectivity index (χ3n) is 6.94. The molecule has 1 aliphatic heterocycles. The van der Waals surface area contributed by atoms with Gasteiger partial charge in [0.15, 0.2) is 5.84 Å². The topological polar surface area (TPSA) is 46.5 Å². The molecular weight excluding hydrogens is 469 g/mol. The van der Waals surface area contributed by atoms with Crippen LogP contribution >= 0.6 is 11.8 Å². The maximum Gasteiger partial charge on any atom is 0.175 e. The van der Waals surface area contributed by atoms with Crippen molar-refractivity contribution in [3.8, 4) is 0 Å². The number of amidine groups is 1. The first-order chi connectivity index (χ1) is 17.6. The second kappa shape index (κ2) is 9.58. The number of para-hydroxylation sites is 1. The fourth-order valence-electron chi connectivity index (χ4n) is 4.90.